The third kappa shape index (κ3) is 4.52. The topological polar surface area (TPSA) is 139 Å². The predicted octanol–water partition coefficient (Wildman–Crippen LogP) is 1.61. The molecule has 9 nitrogen and oxygen atoms in total. The van der Waals surface area contributed by atoms with Gasteiger partial charge in [0.25, 0.3) is 0 Å². The Labute approximate surface area is 143 Å². The van der Waals surface area contributed by atoms with Crippen molar-refractivity contribution < 1.29 is 27.6 Å². The molecule has 25 heavy (non-hydrogen) atoms. The van der Waals surface area contributed by atoms with E-state index >= 15 is 0 Å². The smallest absolute Gasteiger partial charge is 0.337 e. The molecule has 2 N–H and O–H groups in total. The van der Waals surface area contributed by atoms with Crippen LogP contribution in [0.3, 0.4) is 0 Å². The van der Waals surface area contributed by atoms with Gasteiger partial charge in [0.15, 0.2) is 5.75 Å². The highest BCUT2D eigenvalue weighted by atomic mass is 32.2. The van der Waals surface area contributed by atoms with Crippen LogP contribution >= 0.6 is 0 Å². The van der Waals surface area contributed by atoms with Crippen LogP contribution in [0, 0.1) is 10.1 Å². The number of sulfonamides is 1. The fourth-order valence-electron chi connectivity index (χ4n) is 1.95. The van der Waals surface area contributed by atoms with Gasteiger partial charge >= 0.3 is 11.7 Å². The Hall–Kier alpha value is -2.98. The minimum absolute atomic E-state index is 0.0169. The Morgan fingerprint density at radius 3 is 2.36 bits per heavy atom. The number of hydrogen-bond acceptors (Lipinski definition) is 7. The molecule has 10 heteroatoms. The fourth-order valence-corrected chi connectivity index (χ4v) is 2.49. The number of rotatable bonds is 6. The molecule has 0 aliphatic heterocycles. The number of primary sulfonamides is 1. The molecule has 0 aliphatic rings. The lowest BCUT2D eigenvalue weighted by Gasteiger charge is -2.08. The summed E-state index contributed by atoms with van der Waals surface area (Å²) >= 11 is 0. The van der Waals surface area contributed by atoms with Crippen molar-refractivity contribution in [2.45, 2.75) is 11.5 Å². The monoisotopic (exact) mass is 366 g/mol. The zero-order valence-electron chi connectivity index (χ0n) is 13.0. The lowest BCUT2D eigenvalue weighted by Crippen LogP contribution is -2.12. The fraction of sp³-hybridized carbons (Fsp3) is 0.133. The van der Waals surface area contributed by atoms with Gasteiger partial charge in [-0.1, -0.05) is 12.1 Å². The quantitative estimate of drug-likeness (QED) is 0.465. The molecule has 2 rings (SSSR count). The lowest BCUT2D eigenvalue weighted by atomic mass is 10.1. The summed E-state index contributed by atoms with van der Waals surface area (Å²) in [4.78, 5) is 21.3. The van der Waals surface area contributed by atoms with Gasteiger partial charge in [-0.25, -0.2) is 18.4 Å². The number of methoxy groups -OCH3 is 1. The van der Waals surface area contributed by atoms with Crippen LogP contribution in [-0.2, 0) is 21.4 Å². The number of carbonyl (C=O) groups excluding carboxylic acids is 1. The van der Waals surface area contributed by atoms with Crippen molar-refractivity contribution in [3.05, 3.63) is 63.7 Å². The van der Waals surface area contributed by atoms with Gasteiger partial charge in [-0.05, 0) is 29.8 Å². The van der Waals surface area contributed by atoms with E-state index in [0.717, 1.165) is 12.1 Å². The van der Waals surface area contributed by atoms with Gasteiger partial charge in [0.05, 0.1) is 22.5 Å². The second-order valence-electron chi connectivity index (χ2n) is 4.91. The van der Waals surface area contributed by atoms with Crippen molar-refractivity contribution in [3.63, 3.8) is 0 Å². The summed E-state index contributed by atoms with van der Waals surface area (Å²) in [5.41, 5.74) is 0.491. The van der Waals surface area contributed by atoms with E-state index in [1.165, 1.54) is 25.3 Å². The molecule has 0 fully saturated rings. The first-order valence-corrected chi connectivity index (χ1v) is 8.38. The molecule has 0 spiro atoms. The molecule has 0 bridgehead atoms. The minimum atomic E-state index is -4.06. The van der Waals surface area contributed by atoms with E-state index in [2.05, 4.69) is 4.74 Å². The summed E-state index contributed by atoms with van der Waals surface area (Å²) in [6.07, 6.45) is 0. The normalized spacial score (nSPS) is 11.0. The maximum Gasteiger partial charge on any atom is 0.337 e. The van der Waals surface area contributed by atoms with Gasteiger partial charge in [0.1, 0.15) is 6.61 Å². The van der Waals surface area contributed by atoms with Gasteiger partial charge in [-0.3, -0.25) is 10.1 Å². The van der Waals surface area contributed by atoms with E-state index in [0.29, 0.717) is 11.1 Å². The van der Waals surface area contributed by atoms with E-state index in [1.807, 2.05) is 0 Å². The molecule has 132 valence electrons. The Morgan fingerprint density at radius 2 is 1.84 bits per heavy atom. The summed E-state index contributed by atoms with van der Waals surface area (Å²) in [7, 11) is -2.79. The molecule has 0 heterocycles. The second kappa shape index (κ2) is 7.28. The Kier molecular flexibility index (Phi) is 5.35. The van der Waals surface area contributed by atoms with Crippen LogP contribution in [0.25, 0.3) is 0 Å². The standard InChI is InChI=1S/C15H14N2O7S/c1-23-15(18)11-4-2-10(3-5-11)9-24-14-7-6-12(25(16,21)22)8-13(14)17(19)20/h2-8H,9H2,1H3,(H2,16,21,22). The van der Waals surface area contributed by atoms with E-state index in [1.54, 1.807) is 12.1 Å². The summed E-state index contributed by atoms with van der Waals surface area (Å²) in [6.45, 7) is -0.0169. The van der Waals surface area contributed by atoms with Crippen LogP contribution in [0.2, 0.25) is 0 Å². The third-order valence-electron chi connectivity index (χ3n) is 3.23. The zero-order valence-corrected chi connectivity index (χ0v) is 13.9. The number of nitro benzene ring substituents is 1. The molecule has 2 aromatic rings. The SMILES string of the molecule is COC(=O)c1ccc(COc2ccc(S(N)(=O)=O)cc2[N+](=O)[O-])cc1. The minimum Gasteiger partial charge on any atom is -0.482 e. The Balaban J connectivity index is 2.20. The van der Waals surface area contributed by atoms with Crippen molar-refractivity contribution in [2.24, 2.45) is 5.14 Å². The van der Waals surface area contributed by atoms with Crippen LogP contribution < -0.4 is 9.88 Å². The van der Waals surface area contributed by atoms with Crippen molar-refractivity contribution >= 4 is 21.7 Å². The highest BCUT2D eigenvalue weighted by molar-refractivity contribution is 7.89. The molecule has 0 aromatic heterocycles. The molecule has 0 amide bonds. The van der Waals surface area contributed by atoms with Gasteiger partial charge in [-0.15, -0.1) is 0 Å². The number of nitro groups is 1. The number of esters is 1. The van der Waals surface area contributed by atoms with Gasteiger partial charge in [-0.2, -0.15) is 0 Å². The summed E-state index contributed by atoms with van der Waals surface area (Å²) in [5.74, 6) is -0.587. The summed E-state index contributed by atoms with van der Waals surface area (Å²) in [6, 6.07) is 9.41. The average molecular weight is 366 g/mol. The van der Waals surface area contributed by atoms with Crippen LogP contribution in [-0.4, -0.2) is 26.4 Å². The van der Waals surface area contributed by atoms with Crippen LogP contribution in [0.15, 0.2) is 47.4 Å². The number of nitrogens with two attached hydrogens (primary N) is 1. The number of nitrogens with zero attached hydrogens (tertiary/aromatic N) is 1. The molecule has 0 atom stereocenters. The molecule has 0 radical (unpaired) electrons. The molecule has 0 saturated carbocycles. The molecule has 2 aromatic carbocycles. The first-order chi connectivity index (χ1) is 11.7. The molecular weight excluding hydrogens is 352 g/mol. The first-order valence-electron chi connectivity index (χ1n) is 6.83. The Morgan fingerprint density at radius 1 is 1.20 bits per heavy atom. The summed E-state index contributed by atoms with van der Waals surface area (Å²) in [5, 5.41) is 16.1. The van der Waals surface area contributed by atoms with E-state index in [-0.39, 0.29) is 17.3 Å². The number of hydrogen-bond donors (Lipinski definition) is 1. The van der Waals surface area contributed by atoms with E-state index in [9.17, 15) is 23.3 Å². The molecular formula is C15H14N2O7S. The number of benzene rings is 2. The van der Waals surface area contributed by atoms with E-state index < -0.39 is 26.6 Å². The largest absolute Gasteiger partial charge is 0.482 e. The number of ether oxygens (including phenoxy) is 2. The Bertz CT molecular complexity index is 908. The average Bonchev–Trinajstić information content (AvgIpc) is 2.58. The van der Waals surface area contributed by atoms with Gasteiger partial charge < -0.3 is 9.47 Å². The highest BCUT2D eigenvalue weighted by Gasteiger charge is 2.20. The maximum atomic E-state index is 11.3. The van der Waals surface area contributed by atoms with Crippen molar-refractivity contribution in [1.82, 2.24) is 0 Å². The van der Waals surface area contributed by atoms with Crippen molar-refractivity contribution in [2.75, 3.05) is 7.11 Å². The third-order valence-corrected chi connectivity index (χ3v) is 4.14. The maximum absolute atomic E-state index is 11.3. The van der Waals surface area contributed by atoms with Crippen molar-refractivity contribution in [1.29, 1.82) is 0 Å². The first kappa shape index (κ1) is 18.4. The number of carbonyl (C=O) groups is 1. The summed E-state index contributed by atoms with van der Waals surface area (Å²) < 4.78 is 32.5. The van der Waals surface area contributed by atoms with Crippen molar-refractivity contribution in [3.8, 4) is 5.75 Å². The highest BCUT2D eigenvalue weighted by Crippen LogP contribution is 2.30. The predicted molar refractivity (Wildman–Crippen MR) is 86.6 cm³/mol. The van der Waals surface area contributed by atoms with Crippen LogP contribution in [0.4, 0.5) is 5.69 Å². The van der Waals surface area contributed by atoms with Gasteiger partial charge in [0, 0.05) is 6.07 Å². The second-order valence-corrected chi connectivity index (χ2v) is 6.47. The van der Waals surface area contributed by atoms with Gasteiger partial charge in [0.2, 0.25) is 10.0 Å². The molecule has 0 unspecified atom stereocenters. The molecule has 0 aliphatic carbocycles. The lowest BCUT2D eigenvalue weighted by molar-refractivity contribution is -0.386. The zero-order chi connectivity index (χ0) is 18.6. The van der Waals surface area contributed by atoms with E-state index in [4.69, 9.17) is 9.88 Å². The van der Waals surface area contributed by atoms with Crippen LogP contribution in [0.5, 0.6) is 5.75 Å². The van der Waals surface area contributed by atoms with Crippen LogP contribution in [0.1, 0.15) is 15.9 Å². The molecule has 0 saturated heterocycles.